The highest BCUT2D eigenvalue weighted by Gasteiger charge is 2.63. The third kappa shape index (κ3) is 3.64. The van der Waals surface area contributed by atoms with E-state index in [2.05, 4.69) is 35.4 Å². The average molecular weight is 508 g/mol. The van der Waals surface area contributed by atoms with Gasteiger partial charge >= 0.3 is 0 Å². The summed E-state index contributed by atoms with van der Waals surface area (Å²) in [5.74, 6) is 2.57. The molecule has 37 heavy (non-hydrogen) atoms. The van der Waals surface area contributed by atoms with Crippen LogP contribution < -0.4 is 4.74 Å². The maximum Gasteiger partial charge on any atom is 0.119 e. The van der Waals surface area contributed by atoms with E-state index in [1.165, 1.54) is 22.6 Å². The molecule has 7 nitrogen and oxygen atoms in total. The molecule has 2 saturated carbocycles. The van der Waals surface area contributed by atoms with Crippen molar-refractivity contribution in [2.45, 2.75) is 115 Å². The summed E-state index contributed by atoms with van der Waals surface area (Å²) >= 11 is 0. The number of hydrogen-bond acceptors (Lipinski definition) is 5. The van der Waals surface area contributed by atoms with Gasteiger partial charge < -0.3 is 9.84 Å². The van der Waals surface area contributed by atoms with Crippen molar-refractivity contribution in [3.8, 4) is 5.75 Å². The summed E-state index contributed by atoms with van der Waals surface area (Å²) in [4.78, 5) is 0. The van der Waals surface area contributed by atoms with Gasteiger partial charge in [-0.15, -0.1) is 15.4 Å². The van der Waals surface area contributed by atoms with Gasteiger partial charge in [-0.25, -0.2) is 4.68 Å². The van der Waals surface area contributed by atoms with Gasteiger partial charge in [-0.3, -0.25) is 0 Å². The Hall–Kier alpha value is -1.96. The van der Waals surface area contributed by atoms with E-state index in [-0.39, 0.29) is 11.5 Å². The molecule has 6 rings (SSSR count). The van der Waals surface area contributed by atoms with Crippen molar-refractivity contribution >= 4 is 0 Å². The number of ether oxygens (including phenoxy) is 1. The van der Waals surface area contributed by atoms with Crippen LogP contribution in [0, 0.1) is 17.3 Å². The van der Waals surface area contributed by atoms with Crippen molar-refractivity contribution in [3.63, 3.8) is 0 Å². The van der Waals surface area contributed by atoms with Crippen LogP contribution >= 0.6 is 0 Å². The normalized spacial score (nSPS) is 37.0. The second-order valence-electron chi connectivity index (χ2n) is 13.9. The number of benzene rings is 1. The minimum Gasteiger partial charge on any atom is -0.497 e. The van der Waals surface area contributed by atoms with Crippen LogP contribution in [-0.4, -0.2) is 43.4 Å². The van der Waals surface area contributed by atoms with E-state index in [1.54, 1.807) is 7.11 Å². The molecular weight excluding hydrogens is 464 g/mol. The van der Waals surface area contributed by atoms with Crippen molar-refractivity contribution in [2.75, 3.05) is 7.11 Å². The Bertz CT molecular complexity index is 1170. The first-order valence-electron chi connectivity index (χ1n) is 14.2. The smallest absolute Gasteiger partial charge is 0.119 e. The van der Waals surface area contributed by atoms with E-state index in [0.717, 1.165) is 56.4 Å². The molecule has 1 aromatic heterocycles. The molecule has 1 aliphatic heterocycles. The first-order valence-corrected chi connectivity index (χ1v) is 14.2. The predicted octanol–water partition coefficient (Wildman–Crippen LogP) is 5.57. The Balaban J connectivity index is 1.27. The molecule has 1 radical (unpaired) electrons. The molecule has 5 atom stereocenters. The van der Waals surface area contributed by atoms with Crippen LogP contribution in [0.25, 0.3) is 0 Å². The number of nitrogens with zero attached hydrogens (tertiary/aromatic N) is 4. The fourth-order valence-electron chi connectivity index (χ4n) is 9.16. The van der Waals surface area contributed by atoms with E-state index < -0.39 is 16.7 Å². The molecule has 3 fully saturated rings. The molecule has 0 amide bonds. The predicted molar refractivity (Wildman–Crippen MR) is 140 cm³/mol. The van der Waals surface area contributed by atoms with Crippen molar-refractivity contribution in [1.29, 1.82) is 0 Å². The minimum absolute atomic E-state index is 0.0904. The van der Waals surface area contributed by atoms with Gasteiger partial charge in [0.2, 0.25) is 0 Å². The summed E-state index contributed by atoms with van der Waals surface area (Å²) in [6, 6.07) is 6.71. The van der Waals surface area contributed by atoms with Crippen molar-refractivity contribution in [2.24, 2.45) is 17.3 Å². The molecule has 0 unspecified atom stereocenters. The molecule has 0 bridgehead atoms. The first kappa shape index (κ1) is 25.3. The van der Waals surface area contributed by atoms with Gasteiger partial charge in [-0.1, -0.05) is 18.2 Å². The lowest BCUT2D eigenvalue weighted by atomic mass is 9.53. The van der Waals surface area contributed by atoms with Crippen molar-refractivity contribution in [1.82, 2.24) is 20.1 Å². The van der Waals surface area contributed by atoms with Crippen LogP contribution in [0.5, 0.6) is 5.75 Å². The molecule has 7 heteroatoms. The van der Waals surface area contributed by atoms with E-state index in [4.69, 9.17) is 4.74 Å². The molecule has 201 valence electrons. The number of piperidine rings is 1. The fraction of sp³-hybridized carbons (Fsp3) is 0.733. The maximum absolute atomic E-state index is 12.9. The summed E-state index contributed by atoms with van der Waals surface area (Å²) in [5, 5.41) is 35.6. The number of fused-ring (bicyclic) bond motifs is 5. The third-order valence-corrected chi connectivity index (χ3v) is 11.0. The third-order valence-electron chi connectivity index (χ3n) is 11.0. The zero-order valence-electron chi connectivity index (χ0n) is 23.3. The highest BCUT2D eigenvalue weighted by atomic mass is 16.5. The van der Waals surface area contributed by atoms with E-state index >= 15 is 0 Å². The van der Waals surface area contributed by atoms with Gasteiger partial charge in [0, 0.05) is 16.5 Å². The number of aliphatic hydroxyl groups is 1. The lowest BCUT2D eigenvalue weighted by Gasteiger charge is -2.52. The summed E-state index contributed by atoms with van der Waals surface area (Å²) in [6.07, 6.45) is 9.54. The molecule has 1 N–H and O–H groups in total. The molecule has 2 aromatic rings. The zero-order valence-corrected chi connectivity index (χ0v) is 23.3. The van der Waals surface area contributed by atoms with Crippen LogP contribution in [0.15, 0.2) is 24.4 Å². The number of hydroxylamine groups is 2. The summed E-state index contributed by atoms with van der Waals surface area (Å²) < 4.78 is 7.43. The van der Waals surface area contributed by atoms with Crippen LogP contribution in [0.1, 0.15) is 108 Å². The van der Waals surface area contributed by atoms with Gasteiger partial charge in [0.15, 0.2) is 0 Å². The number of rotatable bonds is 3. The second kappa shape index (κ2) is 8.27. The molecule has 1 saturated heterocycles. The van der Waals surface area contributed by atoms with Gasteiger partial charge in [0.1, 0.15) is 17.0 Å². The van der Waals surface area contributed by atoms with Gasteiger partial charge in [0.25, 0.3) is 0 Å². The van der Waals surface area contributed by atoms with Gasteiger partial charge in [0.05, 0.1) is 19.3 Å². The van der Waals surface area contributed by atoms with E-state index in [0.29, 0.717) is 17.8 Å². The molecule has 3 aliphatic carbocycles. The molecule has 0 spiro atoms. The standard InChI is InChI=1S/C30H43N4O3/c1-27(2)16-20(17-28(3,4)34(27)36)33-18-26(31-32-33)30(35)14-12-25-24-9-7-19-15-21(37-6)8-10-22(19)23(24)11-13-29(25,30)5/h8,10,15,18,20,23-25,35H,7,9,11-14,16-17H2,1-6H3/t23-,24-,25+,29+,30-/m1/s1. The van der Waals surface area contributed by atoms with Crippen molar-refractivity contribution in [3.05, 3.63) is 41.2 Å². The van der Waals surface area contributed by atoms with Crippen LogP contribution in [0.2, 0.25) is 0 Å². The number of aromatic nitrogens is 3. The molecule has 1 aromatic carbocycles. The zero-order chi connectivity index (χ0) is 26.4. The SMILES string of the molecule is COc1ccc2c(c1)CC[C@@H]1[C@@H]2CC[C@@]2(C)[C@H]1CC[C@@]2(O)c1cn(C2CC(C)(C)N([O])C(C)(C)C2)nn1. The Morgan fingerprint density at radius 2 is 1.76 bits per heavy atom. The monoisotopic (exact) mass is 507 g/mol. The molecule has 4 aliphatic rings. The Labute approximate surface area is 221 Å². The van der Waals surface area contributed by atoms with E-state index in [1.807, 2.05) is 38.6 Å². The quantitative estimate of drug-likeness (QED) is 0.587. The van der Waals surface area contributed by atoms with Crippen molar-refractivity contribution < 1.29 is 15.1 Å². The summed E-state index contributed by atoms with van der Waals surface area (Å²) in [5.41, 5.74) is 1.53. The number of aryl methyl sites for hydroxylation is 1. The van der Waals surface area contributed by atoms with E-state index in [9.17, 15) is 10.3 Å². The number of methoxy groups -OCH3 is 1. The summed E-state index contributed by atoms with van der Waals surface area (Å²) in [7, 11) is 1.74. The lowest BCUT2D eigenvalue weighted by Crippen LogP contribution is -2.58. The largest absolute Gasteiger partial charge is 0.497 e. The second-order valence-corrected chi connectivity index (χ2v) is 13.9. The van der Waals surface area contributed by atoms with Crippen LogP contribution in [0.3, 0.4) is 0 Å². The van der Waals surface area contributed by atoms with Gasteiger partial charge in [-0.2, -0.15) is 0 Å². The Morgan fingerprint density at radius 1 is 1.03 bits per heavy atom. The number of hydrogen-bond donors (Lipinski definition) is 1. The molecule has 2 heterocycles. The Morgan fingerprint density at radius 3 is 2.46 bits per heavy atom. The minimum atomic E-state index is -0.967. The van der Waals surface area contributed by atoms with Gasteiger partial charge in [-0.05, 0) is 120 Å². The average Bonchev–Trinajstić information content (AvgIpc) is 3.46. The maximum atomic E-state index is 12.9. The lowest BCUT2D eigenvalue weighted by molar-refractivity contribution is -0.293. The first-order chi connectivity index (χ1) is 17.4. The highest BCUT2D eigenvalue weighted by molar-refractivity contribution is 5.41. The summed E-state index contributed by atoms with van der Waals surface area (Å²) in [6.45, 7) is 10.4. The molecular formula is C30H43N4O3. The van der Waals surface area contributed by atoms with Crippen LogP contribution in [0.4, 0.5) is 0 Å². The fourth-order valence-corrected chi connectivity index (χ4v) is 9.16. The highest BCUT2D eigenvalue weighted by Crippen LogP contribution is 2.66. The van der Waals surface area contributed by atoms with Crippen LogP contribution in [-0.2, 0) is 17.2 Å². The Kier molecular flexibility index (Phi) is 5.66. The topological polar surface area (TPSA) is 83.3 Å².